The highest BCUT2D eigenvalue weighted by Crippen LogP contribution is 2.28. The number of anilines is 1. The minimum atomic E-state index is 0.232. The van der Waals surface area contributed by atoms with Gasteiger partial charge in [0, 0.05) is 12.0 Å². The van der Waals surface area contributed by atoms with Crippen LogP contribution in [-0.4, -0.2) is 4.98 Å². The van der Waals surface area contributed by atoms with E-state index in [0.29, 0.717) is 0 Å². The summed E-state index contributed by atoms with van der Waals surface area (Å²) in [7, 11) is 0. The van der Waals surface area contributed by atoms with Crippen molar-refractivity contribution in [2.75, 3.05) is 5.73 Å². The molecule has 0 radical (unpaired) electrons. The summed E-state index contributed by atoms with van der Waals surface area (Å²) in [6, 6.07) is 13.0. The SMILES string of the molecule is CCc1oc(N)nc1-c1ccc2cc(C)ccc2c1. The highest BCUT2D eigenvalue weighted by molar-refractivity contribution is 5.87. The summed E-state index contributed by atoms with van der Waals surface area (Å²) in [5.74, 6) is 0.837. The van der Waals surface area contributed by atoms with Gasteiger partial charge in [0.05, 0.1) is 0 Å². The third-order valence-corrected chi connectivity index (χ3v) is 3.30. The molecule has 1 heterocycles. The smallest absolute Gasteiger partial charge is 0.292 e. The molecule has 0 saturated heterocycles. The Kier molecular flexibility index (Phi) is 2.75. The van der Waals surface area contributed by atoms with Crippen LogP contribution in [0.4, 0.5) is 6.01 Å². The van der Waals surface area contributed by atoms with Crippen molar-refractivity contribution >= 4 is 16.8 Å². The van der Waals surface area contributed by atoms with Crippen molar-refractivity contribution in [3.63, 3.8) is 0 Å². The van der Waals surface area contributed by atoms with Gasteiger partial charge in [0.25, 0.3) is 6.01 Å². The summed E-state index contributed by atoms with van der Waals surface area (Å²) in [6.07, 6.45) is 0.783. The second kappa shape index (κ2) is 4.43. The lowest BCUT2D eigenvalue weighted by Crippen LogP contribution is -1.86. The molecule has 3 aromatic rings. The summed E-state index contributed by atoms with van der Waals surface area (Å²) in [5, 5.41) is 2.44. The fourth-order valence-corrected chi connectivity index (χ4v) is 2.35. The van der Waals surface area contributed by atoms with E-state index in [1.54, 1.807) is 0 Å². The zero-order valence-corrected chi connectivity index (χ0v) is 11.1. The number of aryl methyl sites for hydroxylation is 2. The highest BCUT2D eigenvalue weighted by Gasteiger charge is 2.12. The van der Waals surface area contributed by atoms with Crippen LogP contribution >= 0.6 is 0 Å². The van der Waals surface area contributed by atoms with Gasteiger partial charge in [-0.2, -0.15) is 4.98 Å². The second-order valence-electron chi connectivity index (χ2n) is 4.74. The molecule has 0 bridgehead atoms. The molecule has 3 rings (SSSR count). The van der Waals surface area contributed by atoms with Crippen LogP contribution in [0.1, 0.15) is 18.2 Å². The van der Waals surface area contributed by atoms with Gasteiger partial charge in [-0.25, -0.2) is 0 Å². The molecule has 0 fully saturated rings. The number of fused-ring (bicyclic) bond motifs is 1. The second-order valence-corrected chi connectivity index (χ2v) is 4.74. The molecule has 0 aliphatic heterocycles. The molecule has 19 heavy (non-hydrogen) atoms. The number of nitrogen functional groups attached to an aromatic ring is 1. The number of rotatable bonds is 2. The number of hydrogen-bond donors (Lipinski definition) is 1. The van der Waals surface area contributed by atoms with Crippen LogP contribution in [0.15, 0.2) is 40.8 Å². The monoisotopic (exact) mass is 252 g/mol. The molecule has 0 atom stereocenters. The van der Waals surface area contributed by atoms with Gasteiger partial charge in [-0.05, 0) is 23.8 Å². The van der Waals surface area contributed by atoms with Gasteiger partial charge in [-0.1, -0.05) is 42.8 Å². The van der Waals surface area contributed by atoms with Crippen molar-refractivity contribution in [2.45, 2.75) is 20.3 Å². The van der Waals surface area contributed by atoms with E-state index in [9.17, 15) is 0 Å². The molecule has 0 spiro atoms. The normalized spacial score (nSPS) is 11.1. The summed E-state index contributed by atoms with van der Waals surface area (Å²) in [4.78, 5) is 4.29. The number of nitrogens with zero attached hydrogens (tertiary/aromatic N) is 1. The Balaban J connectivity index is 2.17. The van der Waals surface area contributed by atoms with Crippen LogP contribution in [-0.2, 0) is 6.42 Å². The Labute approximate surface area is 112 Å². The van der Waals surface area contributed by atoms with Gasteiger partial charge in [0.15, 0.2) is 0 Å². The minimum Gasteiger partial charge on any atom is -0.428 e. The predicted octanol–water partition coefficient (Wildman–Crippen LogP) is 3.95. The van der Waals surface area contributed by atoms with Crippen molar-refractivity contribution in [1.82, 2.24) is 4.98 Å². The summed E-state index contributed by atoms with van der Waals surface area (Å²) in [6.45, 7) is 4.13. The third-order valence-electron chi connectivity index (χ3n) is 3.30. The zero-order valence-electron chi connectivity index (χ0n) is 11.1. The molecular formula is C16H16N2O. The molecule has 0 saturated carbocycles. The van der Waals surface area contributed by atoms with Crippen LogP contribution in [0, 0.1) is 6.92 Å². The van der Waals surface area contributed by atoms with Crippen molar-refractivity contribution in [3.05, 3.63) is 47.7 Å². The van der Waals surface area contributed by atoms with E-state index in [1.807, 2.05) is 6.92 Å². The Morgan fingerprint density at radius 2 is 1.84 bits per heavy atom. The van der Waals surface area contributed by atoms with Crippen LogP contribution in [0.3, 0.4) is 0 Å². The molecule has 2 aromatic carbocycles. The maximum absolute atomic E-state index is 5.65. The highest BCUT2D eigenvalue weighted by atomic mass is 16.4. The lowest BCUT2D eigenvalue weighted by Gasteiger charge is -2.03. The summed E-state index contributed by atoms with van der Waals surface area (Å²) in [5.41, 5.74) is 8.81. The maximum Gasteiger partial charge on any atom is 0.292 e. The van der Waals surface area contributed by atoms with E-state index < -0.39 is 0 Å². The van der Waals surface area contributed by atoms with E-state index in [2.05, 4.69) is 48.3 Å². The Morgan fingerprint density at radius 1 is 1.11 bits per heavy atom. The first-order valence-corrected chi connectivity index (χ1v) is 6.43. The Morgan fingerprint density at radius 3 is 2.63 bits per heavy atom. The number of nitrogens with two attached hydrogens (primary N) is 1. The number of oxazole rings is 1. The van der Waals surface area contributed by atoms with Crippen molar-refractivity contribution in [3.8, 4) is 11.3 Å². The molecule has 96 valence electrons. The summed E-state index contributed by atoms with van der Waals surface area (Å²) < 4.78 is 5.42. The van der Waals surface area contributed by atoms with Gasteiger partial charge < -0.3 is 10.2 Å². The number of benzene rings is 2. The molecule has 0 unspecified atom stereocenters. The maximum atomic E-state index is 5.65. The zero-order chi connectivity index (χ0) is 13.4. The van der Waals surface area contributed by atoms with Crippen LogP contribution in [0.5, 0.6) is 0 Å². The molecular weight excluding hydrogens is 236 g/mol. The van der Waals surface area contributed by atoms with Crippen LogP contribution in [0.2, 0.25) is 0 Å². The van der Waals surface area contributed by atoms with Crippen molar-refractivity contribution in [2.24, 2.45) is 0 Å². The van der Waals surface area contributed by atoms with Gasteiger partial charge in [-0.3, -0.25) is 0 Å². The van der Waals surface area contributed by atoms with Gasteiger partial charge in [-0.15, -0.1) is 0 Å². The minimum absolute atomic E-state index is 0.232. The summed E-state index contributed by atoms with van der Waals surface area (Å²) >= 11 is 0. The van der Waals surface area contributed by atoms with E-state index >= 15 is 0 Å². The fraction of sp³-hybridized carbons (Fsp3) is 0.188. The van der Waals surface area contributed by atoms with Gasteiger partial charge in [0.1, 0.15) is 11.5 Å². The van der Waals surface area contributed by atoms with E-state index in [-0.39, 0.29) is 6.01 Å². The van der Waals surface area contributed by atoms with Gasteiger partial charge in [0.2, 0.25) is 0 Å². The van der Waals surface area contributed by atoms with Crippen molar-refractivity contribution < 1.29 is 4.42 Å². The van der Waals surface area contributed by atoms with E-state index in [0.717, 1.165) is 23.4 Å². The van der Waals surface area contributed by atoms with Crippen LogP contribution < -0.4 is 5.73 Å². The van der Waals surface area contributed by atoms with E-state index in [1.165, 1.54) is 16.3 Å². The largest absolute Gasteiger partial charge is 0.428 e. The third kappa shape index (κ3) is 2.08. The first kappa shape index (κ1) is 11.8. The average molecular weight is 252 g/mol. The first-order valence-electron chi connectivity index (χ1n) is 6.43. The fourth-order valence-electron chi connectivity index (χ4n) is 2.35. The van der Waals surface area contributed by atoms with E-state index in [4.69, 9.17) is 10.2 Å². The number of hydrogen-bond acceptors (Lipinski definition) is 3. The van der Waals surface area contributed by atoms with Crippen molar-refractivity contribution in [1.29, 1.82) is 0 Å². The molecule has 0 aliphatic carbocycles. The molecule has 0 amide bonds. The Bertz CT molecular complexity index is 744. The lowest BCUT2D eigenvalue weighted by molar-refractivity contribution is 0.530. The molecule has 3 nitrogen and oxygen atoms in total. The lowest BCUT2D eigenvalue weighted by atomic mass is 10.0. The Hall–Kier alpha value is -2.29. The number of aromatic nitrogens is 1. The first-order chi connectivity index (χ1) is 9.17. The molecule has 0 aliphatic rings. The standard InChI is InChI=1S/C16H16N2O/c1-3-14-15(18-16(17)19-14)13-7-6-11-8-10(2)4-5-12(11)9-13/h4-9H,3H2,1-2H3,(H2,17,18). The predicted molar refractivity (Wildman–Crippen MR) is 78.0 cm³/mol. The molecule has 2 N–H and O–H groups in total. The topological polar surface area (TPSA) is 52.0 Å². The quantitative estimate of drug-likeness (QED) is 0.751. The molecule has 3 heteroatoms. The molecule has 1 aromatic heterocycles. The van der Waals surface area contributed by atoms with Crippen LogP contribution in [0.25, 0.3) is 22.0 Å². The average Bonchev–Trinajstić information content (AvgIpc) is 2.79. The van der Waals surface area contributed by atoms with Gasteiger partial charge >= 0.3 is 0 Å².